The van der Waals surface area contributed by atoms with E-state index in [0.717, 1.165) is 4.47 Å². The van der Waals surface area contributed by atoms with E-state index in [4.69, 9.17) is 27.9 Å². The first-order valence-electron chi connectivity index (χ1n) is 5.46. The average Bonchev–Trinajstić information content (AvgIpc) is 2.41. The van der Waals surface area contributed by atoms with Crippen molar-refractivity contribution in [2.75, 3.05) is 7.11 Å². The van der Waals surface area contributed by atoms with Crippen molar-refractivity contribution in [2.45, 2.75) is 5.38 Å². The molecule has 0 aliphatic rings. The molecule has 0 spiro atoms. The van der Waals surface area contributed by atoms with Crippen LogP contribution in [0.15, 0.2) is 40.9 Å². The van der Waals surface area contributed by atoms with Gasteiger partial charge in [-0.15, -0.1) is 11.6 Å². The maximum atomic E-state index is 13.4. The molecule has 0 N–H and O–H groups in total. The lowest BCUT2D eigenvalue weighted by atomic mass is 10.0. The predicted molar refractivity (Wildman–Crippen MR) is 79.8 cm³/mol. The van der Waals surface area contributed by atoms with E-state index in [9.17, 15) is 4.39 Å². The Morgan fingerprint density at radius 1 is 1.21 bits per heavy atom. The Bertz CT molecular complexity index is 604. The molecule has 0 saturated carbocycles. The molecule has 0 bridgehead atoms. The van der Waals surface area contributed by atoms with Crippen LogP contribution < -0.4 is 4.74 Å². The summed E-state index contributed by atoms with van der Waals surface area (Å²) in [5.74, 6) is 0.157. The van der Waals surface area contributed by atoms with E-state index in [-0.39, 0.29) is 5.82 Å². The number of hydrogen-bond acceptors (Lipinski definition) is 1. The molecule has 100 valence electrons. The van der Waals surface area contributed by atoms with Crippen molar-refractivity contribution >= 4 is 39.1 Å². The Morgan fingerprint density at radius 3 is 2.63 bits per heavy atom. The van der Waals surface area contributed by atoms with Crippen LogP contribution in [0.1, 0.15) is 16.5 Å². The summed E-state index contributed by atoms with van der Waals surface area (Å²) in [7, 11) is 1.52. The highest BCUT2D eigenvalue weighted by molar-refractivity contribution is 9.10. The Hall–Kier alpha value is -0.770. The van der Waals surface area contributed by atoms with E-state index in [1.807, 2.05) is 12.1 Å². The molecular formula is C14H10BrCl2FO. The molecule has 1 unspecified atom stereocenters. The van der Waals surface area contributed by atoms with Crippen molar-refractivity contribution in [1.82, 2.24) is 0 Å². The molecule has 0 aliphatic heterocycles. The summed E-state index contributed by atoms with van der Waals surface area (Å²) in [5, 5.41) is -0.0792. The highest BCUT2D eigenvalue weighted by atomic mass is 79.9. The molecule has 5 heteroatoms. The van der Waals surface area contributed by atoms with Crippen LogP contribution in [-0.2, 0) is 0 Å². The van der Waals surface area contributed by atoms with Crippen LogP contribution in [0.25, 0.3) is 0 Å². The summed E-state index contributed by atoms with van der Waals surface area (Å²) in [6.45, 7) is 0. The second-order valence-corrected chi connectivity index (χ2v) is 5.56. The normalized spacial score (nSPS) is 12.3. The van der Waals surface area contributed by atoms with Gasteiger partial charge in [0.15, 0.2) is 0 Å². The van der Waals surface area contributed by atoms with Crippen LogP contribution in [0.3, 0.4) is 0 Å². The summed E-state index contributed by atoms with van der Waals surface area (Å²) >= 11 is 16.0. The third kappa shape index (κ3) is 3.04. The van der Waals surface area contributed by atoms with Crippen LogP contribution in [0.5, 0.6) is 5.75 Å². The first-order chi connectivity index (χ1) is 9.04. The minimum absolute atomic E-state index is 0.368. The van der Waals surface area contributed by atoms with Crippen molar-refractivity contribution in [3.8, 4) is 5.75 Å². The van der Waals surface area contributed by atoms with Gasteiger partial charge in [-0.3, -0.25) is 0 Å². The van der Waals surface area contributed by atoms with Crippen molar-refractivity contribution < 1.29 is 9.13 Å². The average molecular weight is 364 g/mol. The largest absolute Gasteiger partial charge is 0.496 e. The lowest BCUT2D eigenvalue weighted by Gasteiger charge is -2.16. The van der Waals surface area contributed by atoms with Crippen LogP contribution in [-0.4, -0.2) is 7.11 Å². The molecular weight excluding hydrogens is 354 g/mol. The second kappa shape index (κ2) is 6.12. The van der Waals surface area contributed by atoms with E-state index in [2.05, 4.69) is 15.9 Å². The summed E-state index contributed by atoms with van der Waals surface area (Å²) in [6, 6.07) is 9.67. The molecule has 0 radical (unpaired) electrons. The zero-order valence-corrected chi connectivity index (χ0v) is 13.1. The molecule has 2 rings (SSSR count). The zero-order valence-electron chi connectivity index (χ0n) is 9.96. The van der Waals surface area contributed by atoms with Gasteiger partial charge >= 0.3 is 0 Å². The van der Waals surface area contributed by atoms with Crippen LogP contribution in [0.4, 0.5) is 4.39 Å². The number of benzene rings is 2. The SMILES string of the molecule is COc1ccc(F)cc1C(Cl)c1cccc(Br)c1Cl. The molecule has 2 aromatic carbocycles. The van der Waals surface area contributed by atoms with Crippen LogP contribution in [0.2, 0.25) is 5.02 Å². The fourth-order valence-corrected chi connectivity index (χ4v) is 2.81. The predicted octanol–water partition coefficient (Wildman–Crippen LogP) is 5.58. The lowest BCUT2D eigenvalue weighted by Crippen LogP contribution is -1.99. The molecule has 0 amide bonds. The van der Waals surface area contributed by atoms with E-state index in [1.165, 1.54) is 19.2 Å². The first-order valence-corrected chi connectivity index (χ1v) is 7.06. The Balaban J connectivity index is 2.52. The third-order valence-corrected chi connectivity index (χ3v) is 4.50. The Morgan fingerprint density at radius 2 is 1.95 bits per heavy atom. The van der Waals surface area contributed by atoms with Crippen LogP contribution in [0, 0.1) is 5.82 Å². The van der Waals surface area contributed by atoms with Crippen molar-refractivity contribution in [2.24, 2.45) is 0 Å². The summed E-state index contributed by atoms with van der Waals surface area (Å²) in [6.07, 6.45) is 0. The van der Waals surface area contributed by atoms with Crippen LogP contribution >= 0.6 is 39.1 Å². The molecule has 0 aliphatic carbocycles. The van der Waals surface area contributed by atoms with Gasteiger partial charge in [-0.1, -0.05) is 23.7 Å². The molecule has 0 fully saturated rings. The Kier molecular flexibility index (Phi) is 4.71. The summed E-state index contributed by atoms with van der Waals surface area (Å²) in [5.41, 5.74) is 1.24. The van der Waals surface area contributed by atoms with Gasteiger partial charge in [0.05, 0.1) is 17.5 Å². The quantitative estimate of drug-likeness (QED) is 0.647. The molecule has 2 aromatic rings. The van der Waals surface area contributed by atoms with E-state index in [1.54, 1.807) is 12.1 Å². The smallest absolute Gasteiger partial charge is 0.124 e. The number of rotatable bonds is 3. The minimum atomic E-state index is -0.587. The van der Waals surface area contributed by atoms with Crippen molar-refractivity contribution in [1.29, 1.82) is 0 Å². The fraction of sp³-hybridized carbons (Fsp3) is 0.143. The van der Waals surface area contributed by atoms with Gasteiger partial charge in [0.2, 0.25) is 0 Å². The van der Waals surface area contributed by atoms with E-state index >= 15 is 0 Å². The highest BCUT2D eigenvalue weighted by Gasteiger charge is 2.20. The van der Waals surface area contributed by atoms with E-state index < -0.39 is 5.38 Å². The molecule has 0 heterocycles. The first kappa shape index (κ1) is 14.6. The van der Waals surface area contributed by atoms with Gasteiger partial charge in [-0.2, -0.15) is 0 Å². The number of halogens is 4. The third-order valence-electron chi connectivity index (χ3n) is 2.72. The zero-order chi connectivity index (χ0) is 14.0. The standard InChI is InChI=1S/C14H10BrCl2FO/c1-19-12-6-5-8(18)7-10(12)13(16)9-3-2-4-11(15)14(9)17/h2-7,13H,1H3. The van der Waals surface area contributed by atoms with Gasteiger partial charge in [-0.05, 0) is 45.8 Å². The number of ether oxygens (including phenoxy) is 1. The number of alkyl halides is 1. The van der Waals surface area contributed by atoms with Gasteiger partial charge < -0.3 is 4.74 Å². The number of hydrogen-bond donors (Lipinski definition) is 0. The minimum Gasteiger partial charge on any atom is -0.496 e. The second-order valence-electron chi connectivity index (χ2n) is 3.89. The monoisotopic (exact) mass is 362 g/mol. The summed E-state index contributed by atoms with van der Waals surface area (Å²) < 4.78 is 19.3. The van der Waals surface area contributed by atoms with Gasteiger partial charge in [-0.25, -0.2) is 4.39 Å². The maximum Gasteiger partial charge on any atom is 0.124 e. The highest BCUT2D eigenvalue weighted by Crippen LogP contribution is 2.40. The Labute approximate surface area is 129 Å². The molecule has 19 heavy (non-hydrogen) atoms. The van der Waals surface area contributed by atoms with Gasteiger partial charge in [0.25, 0.3) is 0 Å². The molecule has 1 atom stereocenters. The maximum absolute atomic E-state index is 13.4. The van der Waals surface area contributed by atoms with E-state index in [0.29, 0.717) is 21.9 Å². The van der Waals surface area contributed by atoms with Crippen molar-refractivity contribution in [3.05, 3.63) is 62.8 Å². The number of methoxy groups -OCH3 is 1. The molecule has 0 saturated heterocycles. The topological polar surface area (TPSA) is 9.23 Å². The fourth-order valence-electron chi connectivity index (χ4n) is 1.79. The van der Waals surface area contributed by atoms with Gasteiger partial charge in [0, 0.05) is 10.0 Å². The lowest BCUT2D eigenvalue weighted by molar-refractivity contribution is 0.409. The van der Waals surface area contributed by atoms with Gasteiger partial charge in [0.1, 0.15) is 11.6 Å². The molecule has 0 aromatic heterocycles. The molecule has 1 nitrogen and oxygen atoms in total. The summed E-state index contributed by atoms with van der Waals surface area (Å²) in [4.78, 5) is 0. The van der Waals surface area contributed by atoms with Crippen molar-refractivity contribution in [3.63, 3.8) is 0 Å².